The van der Waals surface area contributed by atoms with E-state index in [0.29, 0.717) is 33.4 Å². The zero-order valence-corrected chi connectivity index (χ0v) is 53.5. The van der Waals surface area contributed by atoms with Crippen LogP contribution in [0.5, 0.6) is 17.2 Å². The number of rotatable bonds is 33. The third kappa shape index (κ3) is 20.7. The van der Waals surface area contributed by atoms with Gasteiger partial charge in [-0.05, 0) is 126 Å². The van der Waals surface area contributed by atoms with E-state index < -0.39 is 97.1 Å². The van der Waals surface area contributed by atoms with Crippen LogP contribution in [0.25, 0.3) is 32.5 Å². The molecule has 0 bridgehead atoms. The third-order valence-electron chi connectivity index (χ3n) is 13.9. The number of H-pyrrole nitrogens is 1. The van der Waals surface area contributed by atoms with Crippen LogP contribution in [-0.4, -0.2) is 129 Å². The first kappa shape index (κ1) is 72.8. The number of ketones is 1. The molecule has 94 heavy (non-hydrogen) atoms. The Balaban J connectivity index is 0.859. The van der Waals surface area contributed by atoms with Crippen LogP contribution in [0.15, 0.2) is 92.7 Å². The van der Waals surface area contributed by atoms with Crippen LogP contribution in [0.4, 0.5) is 0 Å². The number of carboxylic acid groups (broad SMARTS) is 1. The molecule has 8 N–H and O–H groups in total. The van der Waals surface area contributed by atoms with Gasteiger partial charge in [0.05, 0.1) is 38.0 Å². The summed E-state index contributed by atoms with van der Waals surface area (Å²) in [5, 5.41) is 24.2. The molecule has 5 aromatic rings. The Morgan fingerprint density at radius 3 is 2.43 bits per heavy atom. The minimum Gasteiger partial charge on any atom is -0.491 e. The molecule has 33 nitrogen and oxygen atoms in total. The van der Waals surface area contributed by atoms with Gasteiger partial charge >= 0.3 is 35.1 Å². The largest absolute Gasteiger partial charge is 0.491 e. The fourth-order valence-corrected chi connectivity index (χ4v) is 12.8. The first-order valence-corrected chi connectivity index (χ1v) is 33.2. The van der Waals surface area contributed by atoms with E-state index >= 15 is 0 Å². The van der Waals surface area contributed by atoms with Crippen LogP contribution in [0.3, 0.4) is 0 Å². The summed E-state index contributed by atoms with van der Waals surface area (Å²) >= 11 is 0. The molecule has 0 aliphatic carbocycles. The van der Waals surface area contributed by atoms with Gasteiger partial charge in [-0.3, -0.25) is 33.3 Å². The Bertz CT molecular complexity index is 4270. The van der Waals surface area contributed by atoms with Crippen LogP contribution in [-0.2, 0) is 57.0 Å². The molecule has 1 saturated heterocycles. The number of phosphoric ester groups is 1. The molecule has 2 amide bonds. The number of nitrogens with one attached hydrogen (secondary N) is 3. The van der Waals surface area contributed by atoms with Crippen molar-refractivity contribution in [1.29, 1.82) is 0 Å². The molecular formula is C58H65N10O23P3. The van der Waals surface area contributed by atoms with Gasteiger partial charge in [-0.25, -0.2) is 23.3 Å². The van der Waals surface area contributed by atoms with Gasteiger partial charge in [-0.1, -0.05) is 60.5 Å². The van der Waals surface area contributed by atoms with E-state index in [9.17, 15) is 62.9 Å². The Morgan fingerprint density at radius 2 is 1.70 bits per heavy atom. The molecule has 7 rings (SSSR count). The first-order chi connectivity index (χ1) is 44.7. The Hall–Kier alpha value is -8.59. The average Bonchev–Trinajstić information content (AvgIpc) is 0.862. The third-order valence-corrected chi connectivity index (χ3v) is 17.7. The molecule has 3 heterocycles. The maximum absolute atomic E-state index is 13.8. The van der Waals surface area contributed by atoms with Crippen molar-refractivity contribution < 1.29 is 99.1 Å². The minimum absolute atomic E-state index is 0.0222. The fourth-order valence-electron chi connectivity index (χ4n) is 9.75. The highest BCUT2D eigenvalue weighted by molar-refractivity contribution is 7.66. The summed E-state index contributed by atoms with van der Waals surface area (Å²) in [6.45, 7) is 5.20. The van der Waals surface area contributed by atoms with Gasteiger partial charge in [0.15, 0.2) is 12.0 Å². The molecule has 0 spiro atoms. The van der Waals surface area contributed by atoms with Gasteiger partial charge in [-0.2, -0.15) is 8.62 Å². The van der Waals surface area contributed by atoms with Gasteiger partial charge in [0.25, 0.3) is 11.5 Å². The minimum atomic E-state index is -5.87. The number of amides is 2. The molecular weight excluding hydrogens is 1300 g/mol. The molecule has 4 aromatic carbocycles. The second-order valence-corrected chi connectivity index (χ2v) is 25.1. The number of aromatic amines is 1. The number of benzene rings is 4. The molecule has 6 atom stereocenters. The maximum atomic E-state index is 13.8. The topological polar surface area (TPSA) is 480 Å². The lowest BCUT2D eigenvalue weighted by Crippen LogP contribution is -2.34. The monoisotopic (exact) mass is 1360 g/mol. The van der Waals surface area contributed by atoms with Crippen molar-refractivity contribution in [2.45, 2.75) is 90.9 Å². The number of hydrogen-bond acceptors (Lipinski definition) is 20. The van der Waals surface area contributed by atoms with Crippen LogP contribution < -0.4 is 41.8 Å². The fraction of sp³-hybridized carbons (Fsp3) is 0.379. The smallest absolute Gasteiger partial charge is 0.490 e. The highest BCUT2D eigenvalue weighted by Crippen LogP contribution is 2.66. The molecule has 2 aliphatic heterocycles. The summed E-state index contributed by atoms with van der Waals surface area (Å²) in [5.41, 5.74) is 21.0. The number of ether oxygens (including phenoxy) is 6. The summed E-state index contributed by atoms with van der Waals surface area (Å²) in [7, 11) is -17.2. The first-order valence-electron chi connectivity index (χ1n) is 28.7. The zero-order chi connectivity index (χ0) is 68.3. The van der Waals surface area contributed by atoms with Gasteiger partial charge in [0.1, 0.15) is 55.1 Å². The van der Waals surface area contributed by atoms with Gasteiger partial charge < -0.3 is 63.7 Å². The second-order valence-electron chi connectivity index (χ2n) is 20.7. The van der Waals surface area contributed by atoms with E-state index in [0.717, 1.165) is 57.5 Å². The number of azide groups is 2. The Kier molecular flexibility index (Phi) is 26.0. The molecule has 2 aliphatic rings. The van der Waals surface area contributed by atoms with Crippen molar-refractivity contribution in [2.24, 2.45) is 10.2 Å². The summed E-state index contributed by atoms with van der Waals surface area (Å²) < 4.78 is 82.2. The summed E-state index contributed by atoms with van der Waals surface area (Å²) in [6.07, 6.45) is 0.524. The number of aryl methyl sites for hydroxylation is 3. The number of hydrogen-bond donors (Lipinski definition) is 8. The number of aromatic nitrogens is 2. The van der Waals surface area contributed by atoms with E-state index in [1.165, 1.54) is 18.2 Å². The number of fused-ring (bicyclic) bond motifs is 2. The Morgan fingerprint density at radius 1 is 0.915 bits per heavy atom. The van der Waals surface area contributed by atoms with E-state index in [2.05, 4.69) is 68.7 Å². The molecule has 500 valence electrons. The summed E-state index contributed by atoms with van der Waals surface area (Å²) in [6, 6.07) is 18.7. The van der Waals surface area contributed by atoms with Crippen molar-refractivity contribution in [1.82, 2.24) is 20.2 Å². The van der Waals surface area contributed by atoms with Crippen LogP contribution in [0.1, 0.15) is 117 Å². The number of Topliss-reactive ketones (excluding diaryl/α,β-unsaturated/α-hetero) is 1. The molecule has 0 saturated carbocycles. The lowest BCUT2D eigenvalue weighted by atomic mass is 9.85. The maximum Gasteiger partial charge on any atom is 0.490 e. The lowest BCUT2D eigenvalue weighted by Gasteiger charge is -2.24. The lowest BCUT2D eigenvalue weighted by molar-refractivity contribution is -0.126. The number of aromatic carboxylic acids is 1. The van der Waals surface area contributed by atoms with Crippen molar-refractivity contribution in [3.63, 3.8) is 0 Å². The average molecular weight is 1360 g/mol. The van der Waals surface area contributed by atoms with Gasteiger partial charge in [0.2, 0.25) is 5.91 Å². The number of phosphoric acid groups is 3. The standard InChI is InChI=1S/C58H65N10O23P3/c1-5-10-36-26-47-44(22-34(36)3)54(45-23-35(4)37(11-6-2)27-48(45)88-47)43-25-38(16-17-42(43)57(73)74)46(69)15-9-19-62-55(71)39-12-7-14-41(24-39)85-32-52(65-67-60)84-21-20-83-31-51(70)61-18-8-13-40-29-68(58(75)64-56(40)72)53-28-49(86-33-63-66-59)50(89-53)30-87-93(79,80)91-94(81,82)90-92(76,77)78/h7,10,12,14,16-17,22-27,29,49-50,52-53H,5-6,9,11,15,18-21,28,30-33H2,1-4H3,(H,61,70)(H,62,71)(H,73,74)(H,79,80)(H,81,82)(H,64,72,75)(H2,76,77,78)/b36-10-/t49?,50-,52?,53-/m1/s1. The number of carbonyl (C=O) groups is 4. The summed E-state index contributed by atoms with van der Waals surface area (Å²) in [4.78, 5) is 122. The number of carbonyl (C=O) groups excluding carboxylic acids is 3. The SMILES string of the molecule is CC/C=c1/cc2c(cc1C)=C(c1cc(C(=O)CCCNC(=O)c3cccc(OCC(N=[N+]=[N-])OCCOCC(=O)NCC#Cc4cn([C@H]5CC(OCN=[N+]=[N-])[C@@H](COP(=O)(O)OP(=O)(O)OP(=O)(O)O)O5)c(=O)[nH]c4=O)c3)ccc1C(=O)O)c1cc(C)c(CCC)cc1O2. The van der Waals surface area contributed by atoms with Crippen LogP contribution >= 0.6 is 23.5 Å². The number of carboxylic acids is 1. The van der Waals surface area contributed by atoms with Crippen molar-refractivity contribution in [3.05, 3.63) is 175 Å². The number of nitrogens with zero attached hydrogens (tertiary/aromatic N) is 7. The predicted molar refractivity (Wildman–Crippen MR) is 331 cm³/mol. The van der Waals surface area contributed by atoms with Gasteiger partial charge in [-0.15, -0.1) is 0 Å². The molecule has 4 unspecified atom stereocenters. The van der Waals surface area contributed by atoms with E-state index in [1.54, 1.807) is 24.3 Å². The molecule has 36 heteroatoms. The second kappa shape index (κ2) is 33.5. The molecule has 0 radical (unpaired) electrons. The predicted octanol–water partition coefficient (Wildman–Crippen LogP) is 6.24. The van der Waals surface area contributed by atoms with Crippen molar-refractivity contribution >= 4 is 58.7 Å². The highest BCUT2D eigenvalue weighted by Gasteiger charge is 2.44. The Labute approximate surface area is 534 Å². The van der Waals surface area contributed by atoms with E-state index in [-0.39, 0.29) is 80.4 Å². The normalized spacial score (nSPS) is 16.7. The van der Waals surface area contributed by atoms with E-state index in [4.69, 9.17) is 43.7 Å². The van der Waals surface area contributed by atoms with Gasteiger partial charge in [0, 0.05) is 62.9 Å². The molecule has 1 fully saturated rings. The van der Waals surface area contributed by atoms with Crippen molar-refractivity contribution in [3.8, 4) is 29.1 Å². The highest BCUT2D eigenvalue weighted by atomic mass is 31.3. The van der Waals surface area contributed by atoms with Crippen molar-refractivity contribution in [2.75, 3.05) is 52.9 Å². The quantitative estimate of drug-likeness (QED) is 0.00430. The van der Waals surface area contributed by atoms with Crippen LogP contribution in [0, 0.1) is 25.7 Å². The zero-order valence-electron chi connectivity index (χ0n) is 50.8. The van der Waals surface area contributed by atoms with E-state index in [1.807, 2.05) is 50.0 Å². The molecule has 1 aromatic heterocycles. The summed E-state index contributed by atoms with van der Waals surface area (Å²) in [5.74, 6) is 3.89. The van der Waals surface area contributed by atoms with Crippen LogP contribution in [0.2, 0.25) is 0 Å².